The second-order valence-corrected chi connectivity index (χ2v) is 12.3. The Balaban J connectivity index is 1.91. The second kappa shape index (κ2) is 20.3. The first kappa shape index (κ1) is 35.6. The van der Waals surface area contributed by atoms with E-state index < -0.39 is 0 Å². The summed E-state index contributed by atoms with van der Waals surface area (Å²) < 4.78 is 0. The minimum atomic E-state index is 0.103. The summed E-state index contributed by atoms with van der Waals surface area (Å²) in [5.41, 5.74) is 9.11. The highest BCUT2D eigenvalue weighted by Crippen LogP contribution is 2.29. The van der Waals surface area contributed by atoms with Crippen molar-refractivity contribution in [3.63, 3.8) is 0 Å². The van der Waals surface area contributed by atoms with E-state index in [4.69, 9.17) is 0 Å². The largest absolute Gasteiger partial charge is 0.326 e. The van der Waals surface area contributed by atoms with Gasteiger partial charge in [-0.2, -0.15) is 0 Å². The number of unbranched alkanes of at least 4 members (excludes halogenated alkanes) is 11. The van der Waals surface area contributed by atoms with Crippen molar-refractivity contribution in [1.29, 1.82) is 0 Å². The Bertz CT molecular complexity index is 1100. The number of anilines is 2. The lowest BCUT2D eigenvalue weighted by atomic mass is 9.94. The van der Waals surface area contributed by atoms with E-state index in [1.54, 1.807) is 0 Å². The average Bonchev–Trinajstić information content (AvgIpc) is 2.97. The number of hydrogen-bond donors (Lipinski definition) is 2. The van der Waals surface area contributed by atoms with Crippen molar-refractivity contribution in [3.8, 4) is 0 Å². The second-order valence-electron chi connectivity index (χ2n) is 12.3. The molecule has 2 aromatic rings. The van der Waals surface area contributed by atoms with Crippen molar-refractivity contribution >= 4 is 23.2 Å². The fourth-order valence-electron chi connectivity index (χ4n) is 5.93. The van der Waals surface area contributed by atoms with E-state index >= 15 is 0 Å². The highest BCUT2D eigenvalue weighted by atomic mass is 16.2. The van der Waals surface area contributed by atoms with Crippen LogP contribution < -0.4 is 10.6 Å². The molecule has 0 radical (unpaired) electrons. The maximum Gasteiger partial charge on any atom is 0.224 e. The maximum absolute atomic E-state index is 12.8. The van der Waals surface area contributed by atoms with Gasteiger partial charge in [-0.1, -0.05) is 123 Å². The number of benzene rings is 2. The number of nitrogens with one attached hydrogen (secondary N) is 2. The third-order valence-corrected chi connectivity index (χ3v) is 8.42. The van der Waals surface area contributed by atoms with Crippen LogP contribution >= 0.6 is 0 Å². The first-order valence-corrected chi connectivity index (χ1v) is 17.2. The normalized spacial score (nSPS) is 11.1. The third kappa shape index (κ3) is 12.7. The van der Waals surface area contributed by atoms with Crippen molar-refractivity contribution in [3.05, 3.63) is 57.6 Å². The van der Waals surface area contributed by atoms with Crippen molar-refractivity contribution in [2.75, 3.05) is 10.6 Å². The van der Waals surface area contributed by atoms with Gasteiger partial charge in [0.25, 0.3) is 0 Å². The van der Waals surface area contributed by atoms with Crippen LogP contribution in [0.25, 0.3) is 0 Å². The number of rotatable bonds is 21. The molecule has 2 amide bonds. The lowest BCUT2D eigenvalue weighted by Crippen LogP contribution is -2.14. The van der Waals surface area contributed by atoms with Crippen molar-refractivity contribution < 1.29 is 9.59 Å². The zero-order valence-electron chi connectivity index (χ0n) is 27.9. The van der Waals surface area contributed by atoms with E-state index in [1.165, 1.54) is 80.0 Å². The molecule has 0 aliphatic rings. The van der Waals surface area contributed by atoms with Gasteiger partial charge in [-0.15, -0.1) is 0 Å². The summed E-state index contributed by atoms with van der Waals surface area (Å²) in [5.74, 6) is 0.239. The van der Waals surface area contributed by atoms with E-state index in [-0.39, 0.29) is 11.8 Å². The SMILES string of the molecule is CCCCCCCCCCCCCC(=O)Nc1c(C)cc(Cc2cc(C)c(NC(=O)CCCC)c(CC)c2)cc1CC. The molecule has 2 rings (SSSR count). The summed E-state index contributed by atoms with van der Waals surface area (Å²) in [6.45, 7) is 12.9. The van der Waals surface area contributed by atoms with Crippen LogP contribution in [0.3, 0.4) is 0 Å². The third-order valence-electron chi connectivity index (χ3n) is 8.42. The number of aryl methyl sites for hydroxylation is 4. The molecule has 0 atom stereocenters. The average molecular weight is 577 g/mol. The van der Waals surface area contributed by atoms with Gasteiger partial charge < -0.3 is 10.6 Å². The highest BCUT2D eigenvalue weighted by Gasteiger charge is 2.14. The molecule has 0 fully saturated rings. The monoisotopic (exact) mass is 576 g/mol. The van der Waals surface area contributed by atoms with Crippen LogP contribution in [0, 0.1) is 13.8 Å². The Morgan fingerprint density at radius 1 is 0.524 bits per heavy atom. The molecule has 0 saturated carbocycles. The lowest BCUT2D eigenvalue weighted by Gasteiger charge is -2.18. The molecule has 0 bridgehead atoms. The van der Waals surface area contributed by atoms with E-state index in [1.807, 2.05) is 0 Å². The number of carbonyl (C=O) groups is 2. The predicted molar refractivity (Wildman–Crippen MR) is 182 cm³/mol. The quantitative estimate of drug-likeness (QED) is 0.145. The predicted octanol–water partition coefficient (Wildman–Crippen LogP) is 10.8. The summed E-state index contributed by atoms with van der Waals surface area (Å²) in [4.78, 5) is 25.2. The van der Waals surface area contributed by atoms with E-state index in [2.05, 4.69) is 76.4 Å². The smallest absolute Gasteiger partial charge is 0.224 e. The Morgan fingerprint density at radius 2 is 0.905 bits per heavy atom. The molecule has 0 aliphatic carbocycles. The molecule has 4 nitrogen and oxygen atoms in total. The molecule has 2 aromatic carbocycles. The van der Waals surface area contributed by atoms with Gasteiger partial charge in [0.05, 0.1) is 0 Å². The minimum absolute atomic E-state index is 0.103. The van der Waals surface area contributed by atoms with Crippen LogP contribution in [-0.2, 0) is 28.9 Å². The number of carbonyl (C=O) groups excluding carboxylic acids is 2. The van der Waals surface area contributed by atoms with Crippen LogP contribution in [0.2, 0.25) is 0 Å². The van der Waals surface area contributed by atoms with Crippen molar-refractivity contribution in [1.82, 2.24) is 0 Å². The zero-order chi connectivity index (χ0) is 30.7. The Labute approximate surface area is 257 Å². The lowest BCUT2D eigenvalue weighted by molar-refractivity contribution is -0.117. The first-order valence-electron chi connectivity index (χ1n) is 17.2. The molecular formula is C38H60N2O2. The van der Waals surface area contributed by atoms with Gasteiger partial charge in [0, 0.05) is 24.2 Å². The van der Waals surface area contributed by atoms with Gasteiger partial charge in [-0.05, 0) is 79.3 Å². The van der Waals surface area contributed by atoms with Gasteiger partial charge in [-0.3, -0.25) is 9.59 Å². The summed E-state index contributed by atoms with van der Waals surface area (Å²) >= 11 is 0. The molecule has 0 unspecified atom stereocenters. The van der Waals surface area contributed by atoms with Gasteiger partial charge in [0.15, 0.2) is 0 Å². The van der Waals surface area contributed by atoms with Crippen LogP contribution in [0.15, 0.2) is 24.3 Å². The molecule has 0 aliphatic heterocycles. The van der Waals surface area contributed by atoms with Gasteiger partial charge >= 0.3 is 0 Å². The van der Waals surface area contributed by atoms with E-state index in [0.29, 0.717) is 12.8 Å². The number of hydrogen-bond acceptors (Lipinski definition) is 2. The maximum atomic E-state index is 12.8. The molecule has 0 aromatic heterocycles. The van der Waals surface area contributed by atoms with Crippen LogP contribution in [0.5, 0.6) is 0 Å². The van der Waals surface area contributed by atoms with E-state index in [9.17, 15) is 9.59 Å². The van der Waals surface area contributed by atoms with Crippen molar-refractivity contribution in [2.24, 2.45) is 0 Å². The molecule has 0 spiro atoms. The molecule has 4 heteroatoms. The molecule has 234 valence electrons. The minimum Gasteiger partial charge on any atom is -0.326 e. The summed E-state index contributed by atoms with van der Waals surface area (Å²) in [6.07, 6.45) is 19.9. The van der Waals surface area contributed by atoms with Crippen molar-refractivity contribution in [2.45, 2.75) is 157 Å². The van der Waals surface area contributed by atoms with E-state index in [0.717, 1.165) is 67.4 Å². The summed E-state index contributed by atoms with van der Waals surface area (Å²) in [6, 6.07) is 8.93. The molecular weight excluding hydrogens is 516 g/mol. The Kier molecular flexibility index (Phi) is 17.2. The van der Waals surface area contributed by atoms with Crippen LogP contribution in [0.1, 0.15) is 157 Å². The molecule has 2 N–H and O–H groups in total. The molecule has 0 heterocycles. The van der Waals surface area contributed by atoms with Gasteiger partial charge in [0.2, 0.25) is 11.8 Å². The van der Waals surface area contributed by atoms with Crippen LogP contribution in [0.4, 0.5) is 11.4 Å². The summed E-state index contributed by atoms with van der Waals surface area (Å²) in [7, 11) is 0. The summed E-state index contributed by atoms with van der Waals surface area (Å²) in [5, 5.41) is 6.41. The Hall–Kier alpha value is -2.62. The van der Waals surface area contributed by atoms with Crippen LogP contribution in [-0.4, -0.2) is 11.8 Å². The molecule has 0 saturated heterocycles. The fourth-order valence-corrected chi connectivity index (χ4v) is 5.93. The molecule has 42 heavy (non-hydrogen) atoms. The first-order chi connectivity index (χ1) is 20.3. The van der Waals surface area contributed by atoms with Gasteiger partial charge in [-0.25, -0.2) is 0 Å². The Morgan fingerprint density at radius 3 is 1.31 bits per heavy atom. The topological polar surface area (TPSA) is 58.2 Å². The zero-order valence-corrected chi connectivity index (χ0v) is 27.9. The van der Waals surface area contributed by atoms with Gasteiger partial charge in [0.1, 0.15) is 0 Å². The number of amides is 2. The highest BCUT2D eigenvalue weighted by molar-refractivity contribution is 5.93. The fraction of sp³-hybridized carbons (Fsp3) is 0.632. The standard InChI is InChI=1S/C38H60N2O2/c1-7-11-13-14-15-16-17-18-19-20-21-23-36(42)40-38-30(6)25-32(28-34(38)10-4)26-31-24-29(5)37(33(9-3)27-31)39-35(41)22-12-8-2/h24-25,27-28H,7-23,26H2,1-6H3,(H,39,41)(H,40,42).